The number of carboxylic acids is 1. The van der Waals surface area contributed by atoms with E-state index < -0.39 is 5.97 Å². The highest BCUT2D eigenvalue weighted by Gasteiger charge is 2.04. The molecule has 0 amide bonds. The lowest BCUT2D eigenvalue weighted by Gasteiger charge is -2.04. The molecule has 0 atom stereocenters. The van der Waals surface area contributed by atoms with Crippen LogP contribution in [0.15, 0.2) is 30.3 Å². The van der Waals surface area contributed by atoms with E-state index >= 15 is 0 Å². The molecular weight excluding hydrogens is 274 g/mol. The minimum absolute atomic E-state index is 0.448. The molecule has 0 fully saturated rings. The molecule has 2 rings (SSSR count). The van der Waals surface area contributed by atoms with Crippen LogP contribution in [0, 0.1) is 13.8 Å². The molecule has 1 aromatic carbocycles. The van der Waals surface area contributed by atoms with Crippen molar-refractivity contribution in [1.29, 1.82) is 0 Å². The number of carbonyl (C=O) groups is 1. The summed E-state index contributed by atoms with van der Waals surface area (Å²) in [6, 6.07) is 7.25. The predicted octanol–water partition coefficient (Wildman–Crippen LogP) is 3.44. The highest BCUT2D eigenvalue weighted by atomic mass is 32.1. The average Bonchev–Trinajstić information content (AvgIpc) is 2.74. The van der Waals surface area contributed by atoms with Gasteiger partial charge in [0.25, 0.3) is 0 Å². The molecule has 0 aliphatic heterocycles. The van der Waals surface area contributed by atoms with Gasteiger partial charge < -0.3 is 9.84 Å². The number of aromatic nitrogens is 1. The molecule has 0 saturated carbocycles. The van der Waals surface area contributed by atoms with Crippen molar-refractivity contribution in [3.8, 4) is 5.75 Å². The molecular formula is C15H15NO3S. The lowest BCUT2D eigenvalue weighted by atomic mass is 10.2. The van der Waals surface area contributed by atoms with Crippen molar-refractivity contribution in [3.63, 3.8) is 0 Å². The first-order valence-corrected chi connectivity index (χ1v) is 6.93. The molecule has 0 radical (unpaired) electrons. The molecule has 5 heteroatoms. The number of carboxylic acid groups (broad SMARTS) is 1. The van der Waals surface area contributed by atoms with Crippen LogP contribution in [0.5, 0.6) is 5.75 Å². The smallest absolute Gasteiger partial charge is 0.328 e. The van der Waals surface area contributed by atoms with Crippen LogP contribution in [-0.2, 0) is 11.4 Å². The van der Waals surface area contributed by atoms with E-state index in [0.29, 0.717) is 6.61 Å². The Morgan fingerprint density at radius 2 is 2.05 bits per heavy atom. The van der Waals surface area contributed by atoms with Gasteiger partial charge in [0.05, 0.1) is 5.69 Å². The SMILES string of the molecule is Cc1nc(COc2ccc(/C=C/C(=O)O)cc2)sc1C. The summed E-state index contributed by atoms with van der Waals surface area (Å²) in [7, 11) is 0. The number of hydrogen-bond donors (Lipinski definition) is 1. The highest BCUT2D eigenvalue weighted by Crippen LogP contribution is 2.19. The summed E-state index contributed by atoms with van der Waals surface area (Å²) < 4.78 is 5.65. The Bertz CT molecular complexity index is 610. The molecule has 0 bridgehead atoms. The number of rotatable bonds is 5. The van der Waals surface area contributed by atoms with Gasteiger partial charge in [-0.3, -0.25) is 0 Å². The summed E-state index contributed by atoms with van der Waals surface area (Å²) in [6.07, 6.45) is 2.65. The fourth-order valence-corrected chi connectivity index (χ4v) is 2.44. The van der Waals surface area contributed by atoms with E-state index in [9.17, 15) is 4.79 Å². The molecule has 1 heterocycles. The van der Waals surface area contributed by atoms with Gasteiger partial charge in [0, 0.05) is 11.0 Å². The van der Waals surface area contributed by atoms with Crippen molar-refractivity contribution in [2.75, 3.05) is 0 Å². The van der Waals surface area contributed by atoms with Gasteiger partial charge in [-0.1, -0.05) is 12.1 Å². The van der Waals surface area contributed by atoms with Crippen LogP contribution in [0.4, 0.5) is 0 Å². The van der Waals surface area contributed by atoms with E-state index in [1.165, 1.54) is 4.88 Å². The molecule has 0 aliphatic carbocycles. The summed E-state index contributed by atoms with van der Waals surface area (Å²) in [6.45, 7) is 4.47. The van der Waals surface area contributed by atoms with E-state index in [1.807, 2.05) is 38.1 Å². The Labute approximate surface area is 121 Å². The second-order valence-corrected chi connectivity index (χ2v) is 5.57. The molecule has 104 valence electrons. The normalized spacial score (nSPS) is 10.9. The van der Waals surface area contributed by atoms with E-state index in [4.69, 9.17) is 9.84 Å². The number of ether oxygens (including phenoxy) is 1. The van der Waals surface area contributed by atoms with E-state index in [2.05, 4.69) is 4.98 Å². The standard InChI is InChI=1S/C15H15NO3S/c1-10-11(2)20-14(16-10)9-19-13-6-3-12(4-7-13)5-8-15(17)18/h3-8H,9H2,1-2H3,(H,17,18)/b8-5+. The van der Waals surface area contributed by atoms with Crippen molar-refractivity contribution >= 4 is 23.4 Å². The minimum Gasteiger partial charge on any atom is -0.486 e. The summed E-state index contributed by atoms with van der Waals surface area (Å²) in [5.74, 6) is -0.220. The van der Waals surface area contributed by atoms with Crippen molar-refractivity contribution < 1.29 is 14.6 Å². The fraction of sp³-hybridized carbons (Fsp3) is 0.200. The average molecular weight is 289 g/mol. The second kappa shape index (κ2) is 6.34. The summed E-state index contributed by atoms with van der Waals surface area (Å²) >= 11 is 1.64. The molecule has 0 aliphatic rings. The van der Waals surface area contributed by atoms with Crippen LogP contribution in [0.3, 0.4) is 0 Å². The van der Waals surface area contributed by atoms with Gasteiger partial charge in [0.1, 0.15) is 17.4 Å². The molecule has 4 nitrogen and oxygen atoms in total. The van der Waals surface area contributed by atoms with Crippen molar-refractivity contribution in [1.82, 2.24) is 4.98 Å². The number of nitrogens with zero attached hydrogens (tertiary/aromatic N) is 1. The number of hydrogen-bond acceptors (Lipinski definition) is 4. The maximum absolute atomic E-state index is 10.4. The summed E-state index contributed by atoms with van der Waals surface area (Å²) in [4.78, 5) is 16.0. The van der Waals surface area contributed by atoms with E-state index in [0.717, 1.165) is 28.1 Å². The third-order valence-electron chi connectivity index (χ3n) is 2.73. The van der Waals surface area contributed by atoms with E-state index in [1.54, 1.807) is 17.4 Å². The topological polar surface area (TPSA) is 59.4 Å². The molecule has 2 aromatic rings. The summed E-state index contributed by atoms with van der Waals surface area (Å²) in [5.41, 5.74) is 1.86. The van der Waals surface area contributed by atoms with E-state index in [-0.39, 0.29) is 0 Å². The van der Waals surface area contributed by atoms with Crippen molar-refractivity contribution in [3.05, 3.63) is 51.5 Å². The van der Waals surface area contributed by atoms with Gasteiger partial charge in [0.15, 0.2) is 0 Å². The third kappa shape index (κ3) is 3.93. The van der Waals surface area contributed by atoms with Crippen LogP contribution in [-0.4, -0.2) is 16.1 Å². The zero-order valence-corrected chi connectivity index (χ0v) is 12.1. The van der Waals surface area contributed by atoms with Crippen LogP contribution >= 0.6 is 11.3 Å². The summed E-state index contributed by atoms with van der Waals surface area (Å²) in [5, 5.41) is 9.50. The third-order valence-corrected chi connectivity index (χ3v) is 3.78. The molecule has 1 aromatic heterocycles. The number of benzene rings is 1. The Morgan fingerprint density at radius 3 is 2.60 bits per heavy atom. The second-order valence-electron chi connectivity index (χ2n) is 4.28. The quantitative estimate of drug-likeness (QED) is 0.857. The first kappa shape index (κ1) is 14.3. The Hall–Kier alpha value is -2.14. The predicted molar refractivity (Wildman–Crippen MR) is 79.0 cm³/mol. The van der Waals surface area contributed by atoms with Gasteiger partial charge in [-0.25, -0.2) is 9.78 Å². The van der Waals surface area contributed by atoms with Gasteiger partial charge in [-0.15, -0.1) is 11.3 Å². The van der Waals surface area contributed by atoms with Crippen molar-refractivity contribution in [2.24, 2.45) is 0 Å². The van der Waals surface area contributed by atoms with Crippen LogP contribution < -0.4 is 4.74 Å². The highest BCUT2D eigenvalue weighted by molar-refractivity contribution is 7.11. The number of aliphatic carboxylic acids is 1. The largest absolute Gasteiger partial charge is 0.486 e. The Kier molecular flexibility index (Phi) is 4.53. The van der Waals surface area contributed by atoms with Crippen molar-refractivity contribution in [2.45, 2.75) is 20.5 Å². The lowest BCUT2D eigenvalue weighted by Crippen LogP contribution is -1.94. The Morgan fingerprint density at radius 1 is 1.35 bits per heavy atom. The monoisotopic (exact) mass is 289 g/mol. The van der Waals surface area contributed by atoms with Gasteiger partial charge in [-0.05, 0) is 37.6 Å². The zero-order valence-electron chi connectivity index (χ0n) is 11.3. The van der Waals surface area contributed by atoms with Crippen LogP contribution in [0.1, 0.15) is 21.1 Å². The Balaban J connectivity index is 1.95. The number of aryl methyl sites for hydroxylation is 2. The first-order valence-electron chi connectivity index (χ1n) is 6.11. The molecule has 0 saturated heterocycles. The molecule has 1 N–H and O–H groups in total. The van der Waals surface area contributed by atoms with Gasteiger partial charge in [-0.2, -0.15) is 0 Å². The molecule has 0 unspecified atom stereocenters. The molecule has 20 heavy (non-hydrogen) atoms. The van der Waals surface area contributed by atoms with Gasteiger partial charge >= 0.3 is 5.97 Å². The van der Waals surface area contributed by atoms with Gasteiger partial charge in [0.2, 0.25) is 0 Å². The lowest BCUT2D eigenvalue weighted by molar-refractivity contribution is -0.131. The first-order chi connectivity index (χ1) is 9.54. The maximum atomic E-state index is 10.4. The van der Waals surface area contributed by atoms with Crippen LogP contribution in [0.25, 0.3) is 6.08 Å². The fourth-order valence-electron chi connectivity index (χ4n) is 1.59. The zero-order chi connectivity index (χ0) is 14.5. The number of thiazole rings is 1. The molecule has 0 spiro atoms. The maximum Gasteiger partial charge on any atom is 0.328 e. The van der Waals surface area contributed by atoms with Crippen LogP contribution in [0.2, 0.25) is 0 Å². The minimum atomic E-state index is -0.958.